The molecule has 0 aliphatic rings. The van der Waals surface area contributed by atoms with Crippen LogP contribution in [0.4, 0.5) is 18.9 Å². The van der Waals surface area contributed by atoms with Crippen LogP contribution in [0.15, 0.2) is 47.4 Å². The van der Waals surface area contributed by atoms with Gasteiger partial charge in [0.1, 0.15) is 0 Å². The molecule has 0 radical (unpaired) electrons. The first-order valence-electron chi connectivity index (χ1n) is 5.82. The maximum absolute atomic E-state index is 13.2. The third-order valence-electron chi connectivity index (χ3n) is 2.64. The van der Waals surface area contributed by atoms with Crippen molar-refractivity contribution in [2.75, 3.05) is 5.32 Å². The molecule has 0 amide bonds. The second-order valence-electron chi connectivity index (χ2n) is 3.98. The van der Waals surface area contributed by atoms with Gasteiger partial charge in [-0.1, -0.05) is 36.0 Å². The lowest BCUT2D eigenvalue weighted by molar-refractivity contribution is 0.252. The van der Waals surface area contributed by atoms with Gasteiger partial charge in [0.05, 0.1) is 0 Å². The van der Waals surface area contributed by atoms with Gasteiger partial charge in [0.15, 0.2) is 11.6 Å². The van der Waals surface area contributed by atoms with Gasteiger partial charge in [-0.15, -0.1) is 0 Å². The van der Waals surface area contributed by atoms with Gasteiger partial charge in [-0.2, -0.15) is 8.78 Å². The lowest BCUT2D eigenvalue weighted by Crippen LogP contribution is -2.02. The molecule has 0 aromatic heterocycles. The maximum atomic E-state index is 13.2. The molecule has 0 saturated carbocycles. The van der Waals surface area contributed by atoms with E-state index in [4.69, 9.17) is 0 Å². The fourth-order valence-electron chi connectivity index (χ4n) is 1.70. The van der Waals surface area contributed by atoms with E-state index in [1.807, 2.05) is 0 Å². The average Bonchev–Trinajstić information content (AvgIpc) is 2.41. The standard InChI is InChI=1S/C14H12F3NOS/c15-10-5-3-4-9(13(10)19)8-18-11-6-1-2-7-12(11)20-14(16)17/h1-7,14,18-19H,8H2. The molecule has 2 nitrogen and oxygen atoms in total. The summed E-state index contributed by atoms with van der Waals surface area (Å²) >= 11 is 0.435. The zero-order valence-electron chi connectivity index (χ0n) is 10.3. The Morgan fingerprint density at radius 3 is 2.60 bits per heavy atom. The van der Waals surface area contributed by atoms with E-state index >= 15 is 0 Å². The zero-order chi connectivity index (χ0) is 14.5. The normalized spacial score (nSPS) is 10.8. The molecule has 0 atom stereocenters. The lowest BCUT2D eigenvalue weighted by atomic mass is 10.2. The van der Waals surface area contributed by atoms with Gasteiger partial charge in [-0.05, 0) is 18.2 Å². The molecule has 0 saturated heterocycles. The molecule has 106 valence electrons. The van der Waals surface area contributed by atoms with E-state index in [2.05, 4.69) is 5.32 Å². The monoisotopic (exact) mass is 299 g/mol. The van der Waals surface area contributed by atoms with E-state index in [0.29, 0.717) is 27.9 Å². The minimum absolute atomic E-state index is 0.143. The Balaban J connectivity index is 2.13. The number of phenolic OH excluding ortho intramolecular Hbond substituents is 1. The van der Waals surface area contributed by atoms with Crippen molar-refractivity contribution >= 4 is 17.4 Å². The largest absolute Gasteiger partial charge is 0.505 e. The van der Waals surface area contributed by atoms with Gasteiger partial charge >= 0.3 is 0 Å². The quantitative estimate of drug-likeness (QED) is 0.800. The minimum Gasteiger partial charge on any atom is -0.505 e. The highest BCUT2D eigenvalue weighted by atomic mass is 32.2. The third kappa shape index (κ3) is 3.60. The Morgan fingerprint density at radius 2 is 1.85 bits per heavy atom. The summed E-state index contributed by atoms with van der Waals surface area (Å²) in [6.07, 6.45) is 0. The molecule has 0 bridgehead atoms. The summed E-state index contributed by atoms with van der Waals surface area (Å²) in [7, 11) is 0. The van der Waals surface area contributed by atoms with Gasteiger partial charge in [-0.3, -0.25) is 0 Å². The third-order valence-corrected chi connectivity index (χ3v) is 3.43. The summed E-state index contributed by atoms with van der Waals surface area (Å²) in [6, 6.07) is 10.8. The first kappa shape index (κ1) is 14.6. The number of nitrogens with one attached hydrogen (secondary N) is 1. The van der Waals surface area contributed by atoms with Gasteiger partial charge < -0.3 is 10.4 Å². The Bertz CT molecular complexity index is 592. The van der Waals surface area contributed by atoms with E-state index in [1.165, 1.54) is 6.07 Å². The number of aromatic hydroxyl groups is 1. The van der Waals surface area contributed by atoms with Crippen molar-refractivity contribution in [2.45, 2.75) is 17.2 Å². The van der Waals surface area contributed by atoms with Crippen LogP contribution in [0.2, 0.25) is 0 Å². The van der Waals surface area contributed by atoms with Crippen LogP contribution in [-0.4, -0.2) is 10.9 Å². The summed E-state index contributed by atoms with van der Waals surface area (Å²) in [4.78, 5) is 0.401. The maximum Gasteiger partial charge on any atom is 0.288 e. The van der Waals surface area contributed by atoms with Gasteiger partial charge in [-0.25, -0.2) is 4.39 Å². The van der Waals surface area contributed by atoms with Crippen LogP contribution in [0.1, 0.15) is 5.56 Å². The molecule has 2 rings (SSSR count). The molecule has 20 heavy (non-hydrogen) atoms. The predicted octanol–water partition coefficient (Wildman–Crippen LogP) is 4.46. The van der Waals surface area contributed by atoms with Crippen LogP contribution in [0.5, 0.6) is 5.75 Å². The highest BCUT2D eigenvalue weighted by Gasteiger charge is 2.11. The van der Waals surface area contributed by atoms with Crippen molar-refractivity contribution in [2.24, 2.45) is 0 Å². The van der Waals surface area contributed by atoms with Crippen molar-refractivity contribution in [3.05, 3.63) is 53.8 Å². The van der Waals surface area contributed by atoms with E-state index < -0.39 is 17.3 Å². The summed E-state index contributed by atoms with van der Waals surface area (Å²) in [5.41, 5.74) is 0.878. The van der Waals surface area contributed by atoms with Gasteiger partial charge in [0, 0.05) is 22.7 Å². The zero-order valence-corrected chi connectivity index (χ0v) is 11.1. The summed E-state index contributed by atoms with van der Waals surface area (Å²) < 4.78 is 38.0. The second-order valence-corrected chi connectivity index (χ2v) is 5.01. The Kier molecular flexibility index (Phi) is 4.79. The first-order chi connectivity index (χ1) is 9.58. The van der Waals surface area contributed by atoms with E-state index in [-0.39, 0.29) is 6.54 Å². The topological polar surface area (TPSA) is 32.3 Å². The number of para-hydroxylation sites is 2. The fourth-order valence-corrected chi connectivity index (χ4v) is 2.32. The molecular formula is C14H12F3NOS. The van der Waals surface area contributed by atoms with E-state index in [9.17, 15) is 18.3 Å². The average molecular weight is 299 g/mol. The van der Waals surface area contributed by atoms with Crippen LogP contribution < -0.4 is 5.32 Å². The Hall–Kier alpha value is -1.82. The molecular weight excluding hydrogens is 287 g/mol. The van der Waals surface area contributed by atoms with Crippen LogP contribution >= 0.6 is 11.8 Å². The molecule has 2 N–H and O–H groups in total. The van der Waals surface area contributed by atoms with Crippen LogP contribution in [0, 0.1) is 5.82 Å². The molecule has 0 aliphatic heterocycles. The minimum atomic E-state index is -2.51. The molecule has 0 spiro atoms. The summed E-state index contributed by atoms with van der Waals surface area (Å²) in [5.74, 6) is -3.65. The summed E-state index contributed by atoms with van der Waals surface area (Å²) in [5, 5.41) is 12.5. The first-order valence-corrected chi connectivity index (χ1v) is 6.70. The van der Waals surface area contributed by atoms with Crippen molar-refractivity contribution < 1.29 is 18.3 Å². The SMILES string of the molecule is Oc1c(F)cccc1CNc1ccccc1SC(F)F. The van der Waals surface area contributed by atoms with Crippen LogP contribution in [0.25, 0.3) is 0 Å². The van der Waals surface area contributed by atoms with Crippen molar-refractivity contribution in [1.29, 1.82) is 0 Å². The molecule has 2 aromatic carbocycles. The van der Waals surface area contributed by atoms with Gasteiger partial charge in [0.2, 0.25) is 0 Å². The Labute approximate surface area is 118 Å². The highest BCUT2D eigenvalue weighted by molar-refractivity contribution is 7.99. The highest BCUT2D eigenvalue weighted by Crippen LogP contribution is 2.32. The van der Waals surface area contributed by atoms with Crippen molar-refractivity contribution in [3.8, 4) is 5.75 Å². The second kappa shape index (κ2) is 6.56. The molecule has 0 unspecified atom stereocenters. The lowest BCUT2D eigenvalue weighted by Gasteiger charge is -2.12. The number of rotatable bonds is 5. The Morgan fingerprint density at radius 1 is 1.10 bits per heavy atom. The van der Waals surface area contributed by atoms with Crippen LogP contribution in [0.3, 0.4) is 0 Å². The molecule has 0 heterocycles. The number of hydrogen-bond donors (Lipinski definition) is 2. The number of anilines is 1. The van der Waals surface area contributed by atoms with Crippen molar-refractivity contribution in [3.63, 3.8) is 0 Å². The predicted molar refractivity (Wildman–Crippen MR) is 73.7 cm³/mol. The van der Waals surface area contributed by atoms with E-state index in [1.54, 1.807) is 30.3 Å². The molecule has 6 heteroatoms. The number of benzene rings is 2. The molecule has 0 fully saturated rings. The molecule has 0 aliphatic carbocycles. The molecule has 2 aromatic rings. The summed E-state index contributed by atoms with van der Waals surface area (Å²) in [6.45, 7) is 0.143. The van der Waals surface area contributed by atoms with Gasteiger partial charge in [0.25, 0.3) is 5.76 Å². The van der Waals surface area contributed by atoms with Crippen LogP contribution in [-0.2, 0) is 6.54 Å². The smallest absolute Gasteiger partial charge is 0.288 e. The number of halogens is 3. The fraction of sp³-hybridized carbons (Fsp3) is 0.143. The number of thioether (sulfide) groups is 1. The number of phenols is 1. The van der Waals surface area contributed by atoms with Crippen molar-refractivity contribution in [1.82, 2.24) is 0 Å². The number of hydrogen-bond acceptors (Lipinski definition) is 3. The van der Waals surface area contributed by atoms with E-state index in [0.717, 1.165) is 6.07 Å². The number of alkyl halides is 2.